The first kappa shape index (κ1) is 21.3. The number of rotatable bonds is 2. The number of hydrogen-bond acceptors (Lipinski definition) is 1. The first-order chi connectivity index (χ1) is 8.20. The van der Waals surface area contributed by atoms with Crippen molar-refractivity contribution in [3.8, 4) is 0 Å². The van der Waals surface area contributed by atoms with Crippen LogP contribution in [0, 0.1) is 0 Å². The van der Waals surface area contributed by atoms with Gasteiger partial charge in [0, 0.05) is 5.70 Å². The molecule has 0 bridgehead atoms. The van der Waals surface area contributed by atoms with E-state index in [4.69, 9.17) is 5.73 Å². The summed E-state index contributed by atoms with van der Waals surface area (Å²) >= 11 is 0. The fourth-order valence-corrected chi connectivity index (χ4v) is 0.962. The average Bonchev–Trinajstić information content (AvgIpc) is 2.40. The summed E-state index contributed by atoms with van der Waals surface area (Å²) in [5, 5.41) is 0. The molecule has 0 aromatic carbocycles. The molecule has 0 unspecified atom stereocenters. The highest BCUT2D eigenvalue weighted by Crippen LogP contribution is 2.12. The molecule has 1 nitrogen and oxygen atoms in total. The van der Waals surface area contributed by atoms with Crippen molar-refractivity contribution in [3.63, 3.8) is 0 Å². The van der Waals surface area contributed by atoms with Crippen LogP contribution in [-0.4, -0.2) is 0 Å². The Morgan fingerprint density at radius 1 is 1.18 bits per heavy atom. The van der Waals surface area contributed by atoms with E-state index in [0.29, 0.717) is 0 Å². The summed E-state index contributed by atoms with van der Waals surface area (Å²) in [5.74, 6) is 0. The van der Waals surface area contributed by atoms with Gasteiger partial charge < -0.3 is 5.73 Å². The van der Waals surface area contributed by atoms with Gasteiger partial charge in [0.25, 0.3) is 0 Å². The third kappa shape index (κ3) is 21.0. The lowest BCUT2D eigenvalue weighted by molar-refractivity contribution is 0.893. The standard InChI is InChI=1S/C7H11N.C5H10.2C2H6/c1-6-2-4-7(8)5-3-6;1-3-5-4-2;2*1-2/h2,4H,3,5,8H2,1H3;3H,1,4-5H2,2H3;2*1-2H3. The second kappa shape index (κ2) is 20.4. The molecule has 1 aliphatic carbocycles. The fourth-order valence-electron chi connectivity index (χ4n) is 0.962. The van der Waals surface area contributed by atoms with E-state index >= 15 is 0 Å². The predicted molar refractivity (Wildman–Crippen MR) is 83.1 cm³/mol. The first-order valence-corrected chi connectivity index (χ1v) is 6.93. The second-order valence-corrected chi connectivity index (χ2v) is 3.33. The van der Waals surface area contributed by atoms with Gasteiger partial charge in [0.05, 0.1) is 0 Å². The van der Waals surface area contributed by atoms with Gasteiger partial charge in [-0.1, -0.05) is 58.8 Å². The third-order valence-electron chi connectivity index (χ3n) is 1.88. The van der Waals surface area contributed by atoms with Gasteiger partial charge in [-0.05, 0) is 32.3 Å². The molecule has 0 aliphatic heterocycles. The highest BCUT2D eigenvalue weighted by Gasteiger charge is 1.96. The van der Waals surface area contributed by atoms with Gasteiger partial charge in [-0.15, -0.1) is 6.58 Å². The molecule has 0 aromatic heterocycles. The molecule has 17 heavy (non-hydrogen) atoms. The summed E-state index contributed by atoms with van der Waals surface area (Å²) in [6, 6.07) is 0. The molecule has 0 fully saturated rings. The Bertz CT molecular complexity index is 182. The van der Waals surface area contributed by atoms with E-state index in [1.165, 1.54) is 12.0 Å². The van der Waals surface area contributed by atoms with E-state index < -0.39 is 0 Å². The van der Waals surface area contributed by atoms with Gasteiger partial charge in [0.2, 0.25) is 0 Å². The van der Waals surface area contributed by atoms with Crippen LogP contribution in [0.4, 0.5) is 0 Å². The van der Waals surface area contributed by atoms with E-state index in [1.54, 1.807) is 0 Å². The van der Waals surface area contributed by atoms with Crippen LogP contribution < -0.4 is 5.73 Å². The van der Waals surface area contributed by atoms with E-state index in [-0.39, 0.29) is 0 Å². The van der Waals surface area contributed by atoms with Gasteiger partial charge >= 0.3 is 0 Å². The zero-order valence-corrected chi connectivity index (χ0v) is 12.8. The molecule has 2 N–H and O–H groups in total. The van der Waals surface area contributed by atoms with Gasteiger partial charge in [-0.2, -0.15) is 0 Å². The van der Waals surface area contributed by atoms with Crippen LogP contribution in [0.2, 0.25) is 0 Å². The maximum absolute atomic E-state index is 5.51. The van der Waals surface area contributed by atoms with Crippen molar-refractivity contribution in [1.82, 2.24) is 0 Å². The molecule has 1 rings (SSSR count). The number of hydrogen-bond donors (Lipinski definition) is 1. The largest absolute Gasteiger partial charge is 0.402 e. The molecule has 0 spiro atoms. The van der Waals surface area contributed by atoms with Crippen molar-refractivity contribution in [2.24, 2.45) is 5.73 Å². The van der Waals surface area contributed by atoms with E-state index in [1.807, 2.05) is 39.8 Å². The average molecular weight is 239 g/mol. The van der Waals surface area contributed by atoms with Crippen LogP contribution in [0.5, 0.6) is 0 Å². The summed E-state index contributed by atoms with van der Waals surface area (Å²) < 4.78 is 0. The summed E-state index contributed by atoms with van der Waals surface area (Å²) in [4.78, 5) is 0. The van der Waals surface area contributed by atoms with Crippen LogP contribution >= 0.6 is 0 Å². The van der Waals surface area contributed by atoms with Crippen LogP contribution in [0.3, 0.4) is 0 Å². The molecule has 0 saturated heterocycles. The topological polar surface area (TPSA) is 26.0 Å². The lowest BCUT2D eigenvalue weighted by Gasteiger charge is -2.05. The zero-order valence-electron chi connectivity index (χ0n) is 12.8. The Morgan fingerprint density at radius 3 is 1.88 bits per heavy atom. The lowest BCUT2D eigenvalue weighted by atomic mass is 10.1. The zero-order chi connectivity index (χ0) is 14.1. The normalized spacial score (nSPS) is 12.1. The van der Waals surface area contributed by atoms with Crippen LogP contribution in [-0.2, 0) is 0 Å². The molecule has 0 atom stereocenters. The second-order valence-electron chi connectivity index (χ2n) is 3.33. The minimum absolute atomic E-state index is 1.01. The van der Waals surface area contributed by atoms with Gasteiger partial charge in [0.1, 0.15) is 0 Å². The molecular weight excluding hydrogens is 206 g/mol. The molecule has 1 aliphatic rings. The summed E-state index contributed by atoms with van der Waals surface area (Å²) in [6.07, 6.45) is 10.6. The molecular formula is C16H33N. The molecule has 1 heteroatoms. The van der Waals surface area contributed by atoms with Crippen molar-refractivity contribution in [3.05, 3.63) is 36.1 Å². The summed E-state index contributed by atoms with van der Waals surface area (Å²) in [7, 11) is 0. The molecule has 0 heterocycles. The highest BCUT2D eigenvalue weighted by atomic mass is 14.6. The Kier molecular flexibility index (Phi) is 25.6. The van der Waals surface area contributed by atoms with Crippen molar-refractivity contribution >= 4 is 0 Å². The van der Waals surface area contributed by atoms with Crippen LogP contribution in [0.1, 0.15) is 67.2 Å². The SMILES string of the molecule is C=CCCC.CC.CC.CC1=CC=C(N)CC1. The van der Waals surface area contributed by atoms with Gasteiger partial charge in [0.15, 0.2) is 0 Å². The summed E-state index contributed by atoms with van der Waals surface area (Å²) in [5.41, 5.74) is 7.95. The maximum atomic E-state index is 5.51. The molecule has 102 valence electrons. The van der Waals surface area contributed by atoms with Gasteiger partial charge in [-0.25, -0.2) is 0 Å². The highest BCUT2D eigenvalue weighted by molar-refractivity contribution is 5.20. The molecule has 0 saturated carbocycles. The minimum Gasteiger partial charge on any atom is -0.402 e. The minimum atomic E-state index is 1.01. The molecule has 0 amide bonds. The van der Waals surface area contributed by atoms with Crippen LogP contribution in [0.15, 0.2) is 36.1 Å². The maximum Gasteiger partial charge on any atom is 0.00836 e. The van der Waals surface area contributed by atoms with E-state index in [0.717, 1.165) is 25.0 Å². The molecule has 0 aromatic rings. The van der Waals surface area contributed by atoms with Crippen molar-refractivity contribution in [2.45, 2.75) is 67.2 Å². The van der Waals surface area contributed by atoms with Gasteiger partial charge in [-0.3, -0.25) is 0 Å². The number of allylic oxidation sites excluding steroid dienone is 5. The molecule has 0 radical (unpaired) electrons. The predicted octanol–water partition coefficient (Wildman–Crippen LogP) is 5.59. The Hall–Kier alpha value is -0.980. The van der Waals surface area contributed by atoms with Crippen molar-refractivity contribution in [1.29, 1.82) is 0 Å². The van der Waals surface area contributed by atoms with Crippen molar-refractivity contribution < 1.29 is 0 Å². The quantitative estimate of drug-likeness (QED) is 0.624. The Morgan fingerprint density at radius 2 is 1.71 bits per heavy atom. The van der Waals surface area contributed by atoms with E-state index in [2.05, 4.69) is 26.5 Å². The van der Waals surface area contributed by atoms with Crippen LogP contribution in [0.25, 0.3) is 0 Å². The smallest absolute Gasteiger partial charge is 0.00836 e. The first-order valence-electron chi connectivity index (χ1n) is 6.93. The monoisotopic (exact) mass is 239 g/mol. The summed E-state index contributed by atoms with van der Waals surface area (Å²) in [6.45, 7) is 15.8. The Balaban J connectivity index is -0.000000190. The van der Waals surface area contributed by atoms with Crippen molar-refractivity contribution in [2.75, 3.05) is 0 Å². The number of nitrogens with two attached hydrogens (primary N) is 1. The lowest BCUT2D eigenvalue weighted by Crippen LogP contribution is -1.99. The van der Waals surface area contributed by atoms with E-state index in [9.17, 15) is 0 Å². The number of unbranched alkanes of at least 4 members (excludes halogenated alkanes) is 1. The fraction of sp³-hybridized carbons (Fsp3) is 0.625. The third-order valence-corrected chi connectivity index (χ3v) is 1.88. The Labute approximate surface area is 109 Å².